The molecule has 0 spiro atoms. The molecule has 2 heteroatoms. The van der Waals surface area contributed by atoms with Gasteiger partial charge < -0.3 is 4.90 Å². The van der Waals surface area contributed by atoms with E-state index in [1.807, 2.05) is 11.8 Å². The maximum atomic E-state index is 11.4. The van der Waals surface area contributed by atoms with Crippen LogP contribution in [0.3, 0.4) is 0 Å². The first-order valence-corrected chi connectivity index (χ1v) is 4.67. The Bertz CT molecular complexity index is 146. The first-order valence-electron chi connectivity index (χ1n) is 4.67. The maximum Gasteiger partial charge on any atom is 0.246 e. The molecular formula is C10H19NO. The zero-order valence-corrected chi connectivity index (χ0v) is 8.34. The Morgan fingerprint density at radius 2 is 1.75 bits per heavy atom. The summed E-state index contributed by atoms with van der Waals surface area (Å²) in [5, 5.41) is 0. The third-order valence-electron chi connectivity index (χ3n) is 1.61. The molecule has 0 aromatic heterocycles. The first kappa shape index (κ1) is 11.2. The lowest BCUT2D eigenvalue weighted by Gasteiger charge is -2.19. The highest BCUT2D eigenvalue weighted by Crippen LogP contribution is 1.96. The molecule has 0 bridgehead atoms. The summed E-state index contributed by atoms with van der Waals surface area (Å²) in [4.78, 5) is 13.3. The molecule has 2 nitrogen and oxygen atoms in total. The average Bonchev–Trinajstić information content (AvgIpc) is 2.04. The largest absolute Gasteiger partial charge is 0.339 e. The van der Waals surface area contributed by atoms with Crippen molar-refractivity contribution in [3.8, 4) is 0 Å². The van der Waals surface area contributed by atoms with Gasteiger partial charge in [-0.3, -0.25) is 4.79 Å². The minimum absolute atomic E-state index is 0.140. The molecule has 0 aliphatic rings. The van der Waals surface area contributed by atoms with E-state index in [1.54, 1.807) is 12.2 Å². The Balaban J connectivity index is 3.98. The van der Waals surface area contributed by atoms with Crippen LogP contribution in [0, 0.1) is 0 Å². The monoisotopic (exact) mass is 169 g/mol. The maximum absolute atomic E-state index is 11.4. The number of hydrogen-bond donors (Lipinski definition) is 0. The summed E-state index contributed by atoms with van der Waals surface area (Å²) in [6, 6.07) is 0. The summed E-state index contributed by atoms with van der Waals surface area (Å²) in [5.41, 5.74) is 0. The van der Waals surface area contributed by atoms with Crippen molar-refractivity contribution in [2.24, 2.45) is 0 Å². The lowest BCUT2D eigenvalue weighted by atomic mass is 10.3. The van der Waals surface area contributed by atoms with E-state index in [0.717, 1.165) is 25.9 Å². The van der Waals surface area contributed by atoms with Gasteiger partial charge in [-0.2, -0.15) is 0 Å². The van der Waals surface area contributed by atoms with Crippen LogP contribution >= 0.6 is 0 Å². The van der Waals surface area contributed by atoms with E-state index >= 15 is 0 Å². The van der Waals surface area contributed by atoms with Crippen molar-refractivity contribution in [3.05, 3.63) is 12.2 Å². The third-order valence-corrected chi connectivity index (χ3v) is 1.61. The van der Waals surface area contributed by atoms with Crippen molar-refractivity contribution in [3.63, 3.8) is 0 Å². The zero-order valence-electron chi connectivity index (χ0n) is 8.34. The van der Waals surface area contributed by atoms with Crippen molar-refractivity contribution < 1.29 is 4.79 Å². The van der Waals surface area contributed by atoms with Crippen LogP contribution in [0.25, 0.3) is 0 Å². The highest BCUT2D eigenvalue weighted by Gasteiger charge is 2.06. The van der Waals surface area contributed by atoms with Crippen molar-refractivity contribution in [2.45, 2.75) is 33.6 Å². The van der Waals surface area contributed by atoms with Crippen LogP contribution in [0.5, 0.6) is 0 Å². The molecule has 0 aliphatic heterocycles. The van der Waals surface area contributed by atoms with Crippen molar-refractivity contribution in [1.82, 2.24) is 4.90 Å². The van der Waals surface area contributed by atoms with E-state index in [0.29, 0.717) is 0 Å². The number of hydrogen-bond acceptors (Lipinski definition) is 1. The Morgan fingerprint density at radius 3 is 2.08 bits per heavy atom. The molecule has 12 heavy (non-hydrogen) atoms. The Kier molecular flexibility index (Phi) is 6.44. The van der Waals surface area contributed by atoms with E-state index < -0.39 is 0 Å². The lowest BCUT2D eigenvalue weighted by Crippen LogP contribution is -2.30. The van der Waals surface area contributed by atoms with E-state index in [-0.39, 0.29) is 5.91 Å². The van der Waals surface area contributed by atoms with E-state index in [9.17, 15) is 4.79 Å². The van der Waals surface area contributed by atoms with Gasteiger partial charge in [0.25, 0.3) is 0 Å². The second-order valence-corrected chi connectivity index (χ2v) is 2.83. The molecule has 0 N–H and O–H groups in total. The average molecular weight is 169 g/mol. The molecule has 0 heterocycles. The van der Waals surface area contributed by atoms with Crippen LogP contribution in [0.4, 0.5) is 0 Å². The first-order chi connectivity index (χ1) is 5.76. The van der Waals surface area contributed by atoms with Crippen molar-refractivity contribution in [2.75, 3.05) is 13.1 Å². The van der Waals surface area contributed by atoms with E-state index in [2.05, 4.69) is 13.8 Å². The lowest BCUT2D eigenvalue weighted by molar-refractivity contribution is -0.126. The second kappa shape index (κ2) is 6.89. The van der Waals surface area contributed by atoms with Gasteiger partial charge in [-0.25, -0.2) is 0 Å². The standard InChI is InChI=1S/C10H19NO/c1-4-7-10(12)11(8-5-2)9-6-3/h4,7H,5-6,8-9H2,1-3H3/b7-4+. The van der Waals surface area contributed by atoms with E-state index in [1.165, 1.54) is 0 Å². The summed E-state index contributed by atoms with van der Waals surface area (Å²) in [5.74, 6) is 0.140. The van der Waals surface area contributed by atoms with Gasteiger partial charge in [-0.1, -0.05) is 19.9 Å². The fourth-order valence-corrected chi connectivity index (χ4v) is 1.12. The number of rotatable bonds is 5. The van der Waals surface area contributed by atoms with Gasteiger partial charge in [0, 0.05) is 13.1 Å². The second-order valence-electron chi connectivity index (χ2n) is 2.83. The molecule has 0 rings (SSSR count). The predicted molar refractivity (Wildman–Crippen MR) is 52.0 cm³/mol. The molecule has 0 aromatic rings. The highest BCUT2D eigenvalue weighted by atomic mass is 16.2. The molecule has 0 aliphatic carbocycles. The van der Waals surface area contributed by atoms with Crippen LogP contribution in [0.2, 0.25) is 0 Å². The fraction of sp³-hybridized carbons (Fsp3) is 0.700. The molecule has 0 unspecified atom stereocenters. The predicted octanol–water partition coefficient (Wildman–Crippen LogP) is 2.21. The molecule has 0 saturated carbocycles. The normalized spacial score (nSPS) is 10.6. The van der Waals surface area contributed by atoms with Crippen LogP contribution in [0.1, 0.15) is 33.6 Å². The molecule has 0 saturated heterocycles. The SMILES string of the molecule is C/C=C/C(=O)N(CCC)CCC. The number of carbonyl (C=O) groups excluding carboxylic acids is 1. The molecule has 0 fully saturated rings. The van der Waals surface area contributed by atoms with Crippen molar-refractivity contribution >= 4 is 5.91 Å². The number of allylic oxidation sites excluding steroid dienone is 1. The Hall–Kier alpha value is -0.790. The molecule has 70 valence electrons. The smallest absolute Gasteiger partial charge is 0.246 e. The topological polar surface area (TPSA) is 20.3 Å². The van der Waals surface area contributed by atoms with Gasteiger partial charge in [0.2, 0.25) is 5.91 Å². The van der Waals surface area contributed by atoms with Crippen LogP contribution in [0.15, 0.2) is 12.2 Å². The van der Waals surface area contributed by atoms with Gasteiger partial charge in [0.15, 0.2) is 0 Å². The van der Waals surface area contributed by atoms with Crippen LogP contribution in [-0.4, -0.2) is 23.9 Å². The fourth-order valence-electron chi connectivity index (χ4n) is 1.12. The van der Waals surface area contributed by atoms with Gasteiger partial charge in [-0.15, -0.1) is 0 Å². The minimum atomic E-state index is 0.140. The summed E-state index contributed by atoms with van der Waals surface area (Å²) in [6.07, 6.45) is 5.48. The van der Waals surface area contributed by atoms with Gasteiger partial charge in [0.05, 0.1) is 0 Å². The van der Waals surface area contributed by atoms with E-state index in [4.69, 9.17) is 0 Å². The quantitative estimate of drug-likeness (QED) is 0.578. The number of carbonyl (C=O) groups is 1. The molecule has 0 atom stereocenters. The minimum Gasteiger partial charge on any atom is -0.339 e. The summed E-state index contributed by atoms with van der Waals surface area (Å²) < 4.78 is 0. The van der Waals surface area contributed by atoms with Gasteiger partial charge in [-0.05, 0) is 25.8 Å². The summed E-state index contributed by atoms with van der Waals surface area (Å²) in [7, 11) is 0. The summed E-state index contributed by atoms with van der Waals surface area (Å²) in [6.45, 7) is 7.79. The molecule has 1 amide bonds. The molecule has 0 aromatic carbocycles. The zero-order chi connectivity index (χ0) is 9.40. The van der Waals surface area contributed by atoms with Crippen molar-refractivity contribution in [1.29, 1.82) is 0 Å². The molecular weight excluding hydrogens is 150 g/mol. The van der Waals surface area contributed by atoms with Gasteiger partial charge in [0.1, 0.15) is 0 Å². The van der Waals surface area contributed by atoms with Crippen LogP contribution in [-0.2, 0) is 4.79 Å². The number of nitrogens with zero attached hydrogens (tertiary/aromatic N) is 1. The molecule has 0 radical (unpaired) electrons. The number of amides is 1. The Labute approximate surface area is 75.3 Å². The van der Waals surface area contributed by atoms with Crippen LogP contribution < -0.4 is 0 Å². The highest BCUT2D eigenvalue weighted by molar-refractivity contribution is 5.87. The van der Waals surface area contributed by atoms with Gasteiger partial charge >= 0.3 is 0 Å². The summed E-state index contributed by atoms with van der Waals surface area (Å²) >= 11 is 0. The Morgan fingerprint density at radius 1 is 1.25 bits per heavy atom. The third kappa shape index (κ3) is 4.16.